The Bertz CT molecular complexity index is 1060. The summed E-state index contributed by atoms with van der Waals surface area (Å²) in [7, 11) is 4.63. The molecule has 0 aliphatic heterocycles. The quantitative estimate of drug-likeness (QED) is 0.534. The first-order valence-electron chi connectivity index (χ1n) is 9.33. The van der Waals surface area contributed by atoms with Crippen LogP contribution in [-0.4, -0.2) is 37.4 Å². The normalized spacial score (nSPS) is 13.4. The third-order valence-corrected chi connectivity index (χ3v) is 5.52. The van der Waals surface area contributed by atoms with Gasteiger partial charge in [-0.2, -0.15) is 4.98 Å². The Kier molecular flexibility index (Phi) is 5.71. The van der Waals surface area contributed by atoms with E-state index in [0.717, 1.165) is 29.1 Å². The molecule has 8 nitrogen and oxygen atoms in total. The molecule has 9 heteroatoms. The molecule has 0 atom stereocenters. The molecule has 156 valence electrons. The molecule has 0 unspecified atom stereocenters. The van der Waals surface area contributed by atoms with Crippen LogP contribution in [0.2, 0.25) is 0 Å². The summed E-state index contributed by atoms with van der Waals surface area (Å²) in [6.45, 7) is 0. The van der Waals surface area contributed by atoms with Crippen LogP contribution in [0.15, 0.2) is 34.2 Å². The van der Waals surface area contributed by atoms with Gasteiger partial charge in [0, 0.05) is 12.0 Å². The van der Waals surface area contributed by atoms with Crippen LogP contribution in [0.25, 0.3) is 16.8 Å². The maximum Gasteiger partial charge on any atom is 0.270 e. The van der Waals surface area contributed by atoms with E-state index < -0.39 is 0 Å². The topological polar surface area (TPSA) is 95.7 Å². The number of anilines is 1. The highest BCUT2D eigenvalue weighted by Gasteiger charge is 2.29. The zero-order chi connectivity index (χ0) is 21.1. The number of hydrogen-bond acceptors (Lipinski definition) is 8. The van der Waals surface area contributed by atoms with Crippen LogP contribution in [0.5, 0.6) is 17.2 Å². The fraction of sp³-hybridized carbons (Fsp3) is 0.286. The summed E-state index contributed by atoms with van der Waals surface area (Å²) in [5, 5.41) is 8.77. The second kappa shape index (κ2) is 8.58. The molecule has 0 bridgehead atoms. The Balaban J connectivity index is 1.49. The first-order valence-corrected chi connectivity index (χ1v) is 10.2. The molecular weight excluding hydrogens is 406 g/mol. The van der Waals surface area contributed by atoms with Crippen molar-refractivity contribution >= 4 is 29.0 Å². The van der Waals surface area contributed by atoms with Gasteiger partial charge in [-0.25, -0.2) is 0 Å². The van der Waals surface area contributed by atoms with Crippen molar-refractivity contribution in [2.24, 2.45) is 0 Å². The molecule has 1 saturated carbocycles. The van der Waals surface area contributed by atoms with Crippen molar-refractivity contribution in [2.45, 2.75) is 18.8 Å². The number of nitrogens with zero attached hydrogens (tertiary/aromatic N) is 2. The molecule has 2 heterocycles. The third-order valence-electron chi connectivity index (χ3n) is 4.62. The molecule has 0 spiro atoms. The van der Waals surface area contributed by atoms with Crippen LogP contribution in [0.3, 0.4) is 0 Å². The Morgan fingerprint density at radius 3 is 2.57 bits per heavy atom. The number of thiophene rings is 1. The van der Waals surface area contributed by atoms with Crippen LogP contribution < -0.4 is 19.5 Å². The molecule has 4 rings (SSSR count). The maximum atomic E-state index is 12.5. The Morgan fingerprint density at radius 1 is 1.20 bits per heavy atom. The molecule has 3 aromatic rings. The number of amides is 1. The third kappa shape index (κ3) is 4.16. The number of rotatable bonds is 8. The molecule has 2 aromatic heterocycles. The number of nitrogens with one attached hydrogen (secondary N) is 1. The summed E-state index contributed by atoms with van der Waals surface area (Å²) in [6.07, 6.45) is 5.30. The summed E-state index contributed by atoms with van der Waals surface area (Å²) in [5.74, 6) is 2.80. The van der Waals surface area contributed by atoms with E-state index in [1.54, 1.807) is 39.5 Å². The summed E-state index contributed by atoms with van der Waals surface area (Å²) >= 11 is 1.44. The Hall–Kier alpha value is -3.33. The lowest BCUT2D eigenvalue weighted by Gasteiger charge is -2.12. The number of methoxy groups -OCH3 is 3. The molecule has 1 aliphatic carbocycles. The van der Waals surface area contributed by atoms with Gasteiger partial charge < -0.3 is 24.1 Å². The highest BCUT2D eigenvalue weighted by Crippen LogP contribution is 2.41. The summed E-state index contributed by atoms with van der Waals surface area (Å²) < 4.78 is 21.4. The minimum Gasteiger partial charge on any atom is -0.493 e. The standard InChI is InChI=1S/C21H21N3O5S/c1-26-15-10-12(11-16(27-2)18(15)28-3)4-7-17(25)22-14-8-9-30-19(14)21-23-20(24-29-21)13-5-6-13/h4,7-11,13H,5-6H2,1-3H3,(H,22,25)/b7-4+. The van der Waals surface area contributed by atoms with E-state index in [1.165, 1.54) is 17.4 Å². The molecule has 0 radical (unpaired) electrons. The fourth-order valence-corrected chi connectivity index (χ4v) is 3.72. The van der Waals surface area contributed by atoms with Crippen LogP contribution in [0.1, 0.15) is 30.1 Å². The van der Waals surface area contributed by atoms with Crippen molar-refractivity contribution in [1.29, 1.82) is 0 Å². The van der Waals surface area contributed by atoms with Gasteiger partial charge >= 0.3 is 0 Å². The number of carbonyl (C=O) groups excluding carboxylic acids is 1. The minimum atomic E-state index is -0.287. The van der Waals surface area contributed by atoms with Crippen molar-refractivity contribution in [3.63, 3.8) is 0 Å². The molecule has 0 saturated heterocycles. The smallest absolute Gasteiger partial charge is 0.270 e. The lowest BCUT2D eigenvalue weighted by Crippen LogP contribution is -2.07. The number of hydrogen-bond donors (Lipinski definition) is 1. The van der Waals surface area contributed by atoms with Gasteiger partial charge in [0.15, 0.2) is 17.3 Å². The van der Waals surface area contributed by atoms with Gasteiger partial charge in [0.1, 0.15) is 4.88 Å². The van der Waals surface area contributed by atoms with E-state index in [0.29, 0.717) is 34.7 Å². The Labute approximate surface area is 177 Å². The van der Waals surface area contributed by atoms with Crippen LogP contribution in [0.4, 0.5) is 5.69 Å². The van der Waals surface area contributed by atoms with Crippen molar-refractivity contribution in [3.05, 3.63) is 41.0 Å². The van der Waals surface area contributed by atoms with Gasteiger partial charge in [-0.05, 0) is 48.1 Å². The second-order valence-corrected chi connectivity index (χ2v) is 7.59. The molecule has 1 fully saturated rings. The first-order chi connectivity index (χ1) is 14.6. The van der Waals surface area contributed by atoms with E-state index in [2.05, 4.69) is 15.5 Å². The van der Waals surface area contributed by atoms with E-state index >= 15 is 0 Å². The van der Waals surface area contributed by atoms with Crippen LogP contribution in [0, 0.1) is 0 Å². The van der Waals surface area contributed by atoms with Gasteiger partial charge in [-0.3, -0.25) is 4.79 Å². The first kappa shape index (κ1) is 20.0. The Morgan fingerprint density at radius 2 is 1.93 bits per heavy atom. The summed E-state index contributed by atoms with van der Waals surface area (Å²) in [5.41, 5.74) is 1.36. The van der Waals surface area contributed by atoms with Gasteiger partial charge in [-0.1, -0.05) is 5.16 Å². The number of carbonyl (C=O) groups is 1. The van der Waals surface area contributed by atoms with E-state index in [9.17, 15) is 4.79 Å². The summed E-state index contributed by atoms with van der Waals surface area (Å²) in [4.78, 5) is 17.7. The second-order valence-electron chi connectivity index (χ2n) is 6.68. The van der Waals surface area contributed by atoms with Gasteiger partial charge in [0.25, 0.3) is 5.89 Å². The van der Waals surface area contributed by atoms with Crippen LogP contribution >= 0.6 is 11.3 Å². The zero-order valence-corrected chi connectivity index (χ0v) is 17.6. The highest BCUT2D eigenvalue weighted by molar-refractivity contribution is 7.14. The molecule has 1 amide bonds. The van der Waals surface area contributed by atoms with Gasteiger partial charge in [0.05, 0.1) is 27.0 Å². The molecule has 1 aromatic carbocycles. The number of ether oxygens (including phenoxy) is 3. The van der Waals surface area contributed by atoms with Crippen molar-refractivity contribution in [1.82, 2.24) is 10.1 Å². The average molecular weight is 427 g/mol. The van der Waals surface area contributed by atoms with Crippen molar-refractivity contribution < 1.29 is 23.5 Å². The summed E-state index contributed by atoms with van der Waals surface area (Å²) in [6, 6.07) is 5.34. The number of benzene rings is 1. The van der Waals surface area contributed by atoms with Crippen molar-refractivity contribution in [3.8, 4) is 28.0 Å². The van der Waals surface area contributed by atoms with Gasteiger partial charge in [-0.15, -0.1) is 11.3 Å². The van der Waals surface area contributed by atoms with E-state index in [1.807, 2.05) is 11.4 Å². The predicted molar refractivity (Wildman–Crippen MR) is 113 cm³/mol. The molecule has 1 N–H and O–H groups in total. The fourth-order valence-electron chi connectivity index (χ4n) is 2.95. The average Bonchev–Trinajstić information content (AvgIpc) is 3.32. The lowest BCUT2D eigenvalue weighted by atomic mass is 10.1. The minimum absolute atomic E-state index is 0.287. The SMILES string of the molecule is COc1cc(/C=C/C(=O)Nc2ccsc2-c2nc(C3CC3)no2)cc(OC)c1OC. The highest BCUT2D eigenvalue weighted by atomic mass is 32.1. The van der Waals surface area contributed by atoms with Crippen molar-refractivity contribution in [2.75, 3.05) is 26.6 Å². The maximum absolute atomic E-state index is 12.5. The van der Waals surface area contributed by atoms with E-state index in [-0.39, 0.29) is 5.91 Å². The molecular formula is C21H21N3O5S. The lowest BCUT2D eigenvalue weighted by molar-refractivity contribution is -0.111. The monoisotopic (exact) mass is 427 g/mol. The molecule has 30 heavy (non-hydrogen) atoms. The predicted octanol–water partition coefficient (Wildman–Crippen LogP) is 4.35. The number of aromatic nitrogens is 2. The van der Waals surface area contributed by atoms with Crippen LogP contribution in [-0.2, 0) is 4.79 Å². The van der Waals surface area contributed by atoms with Gasteiger partial charge in [0.2, 0.25) is 11.7 Å². The molecule has 1 aliphatic rings. The zero-order valence-electron chi connectivity index (χ0n) is 16.8. The largest absolute Gasteiger partial charge is 0.493 e. The van der Waals surface area contributed by atoms with E-state index in [4.69, 9.17) is 18.7 Å².